The van der Waals surface area contributed by atoms with Gasteiger partial charge in [-0.3, -0.25) is 0 Å². The molecule has 0 aliphatic heterocycles. The summed E-state index contributed by atoms with van der Waals surface area (Å²) in [5.41, 5.74) is 2.51. The number of nitrogens with one attached hydrogen (secondary N) is 1. The normalized spacial score (nSPS) is 16.0. The van der Waals surface area contributed by atoms with Crippen LogP contribution in [0.2, 0.25) is 5.02 Å². The fourth-order valence-electron chi connectivity index (χ4n) is 2.83. The molecule has 1 N–H and O–H groups in total. The van der Waals surface area contributed by atoms with Gasteiger partial charge in [-0.15, -0.1) is 11.3 Å². The maximum Gasteiger partial charge on any atom is 0.115 e. The van der Waals surface area contributed by atoms with Gasteiger partial charge in [0, 0.05) is 15.9 Å². The lowest BCUT2D eigenvalue weighted by Gasteiger charge is -2.20. The van der Waals surface area contributed by atoms with Gasteiger partial charge < -0.3 is 5.32 Å². The molecule has 1 aromatic carbocycles. The molecule has 1 unspecified atom stereocenters. The number of hydrogen-bond acceptors (Lipinski definition) is 3. The highest BCUT2D eigenvalue weighted by Crippen LogP contribution is 2.33. The summed E-state index contributed by atoms with van der Waals surface area (Å²) >= 11 is 8.04. The van der Waals surface area contributed by atoms with Crippen molar-refractivity contribution in [1.82, 2.24) is 10.3 Å². The molecular weight excluding hydrogens is 300 g/mol. The summed E-state index contributed by atoms with van der Waals surface area (Å²) < 4.78 is 0. The minimum absolute atomic E-state index is 0.138. The van der Waals surface area contributed by atoms with E-state index in [-0.39, 0.29) is 6.04 Å². The van der Waals surface area contributed by atoms with Crippen molar-refractivity contribution in [3.8, 4) is 0 Å². The first-order valence-corrected chi connectivity index (χ1v) is 8.83. The molecule has 0 radical (unpaired) electrons. The Morgan fingerprint density at radius 1 is 1.24 bits per heavy atom. The van der Waals surface area contributed by atoms with Crippen LogP contribution < -0.4 is 5.32 Å². The van der Waals surface area contributed by atoms with Crippen LogP contribution in [0.4, 0.5) is 0 Å². The smallest absolute Gasteiger partial charge is 0.115 e. The summed E-state index contributed by atoms with van der Waals surface area (Å²) in [5, 5.41) is 5.60. The van der Waals surface area contributed by atoms with E-state index >= 15 is 0 Å². The van der Waals surface area contributed by atoms with E-state index in [9.17, 15) is 0 Å². The maximum atomic E-state index is 6.17. The average molecular weight is 321 g/mol. The fraction of sp³-hybridized carbons (Fsp3) is 0.471. The van der Waals surface area contributed by atoms with Crippen molar-refractivity contribution in [3.63, 3.8) is 0 Å². The van der Waals surface area contributed by atoms with Crippen LogP contribution in [0, 0.1) is 0 Å². The van der Waals surface area contributed by atoms with E-state index in [0.29, 0.717) is 6.04 Å². The molecule has 0 amide bonds. The molecule has 0 saturated carbocycles. The van der Waals surface area contributed by atoms with Crippen molar-refractivity contribution in [3.05, 3.63) is 50.4 Å². The molecule has 1 heterocycles. The first-order valence-electron chi connectivity index (χ1n) is 7.63. The second-order valence-corrected chi connectivity index (χ2v) is 7.49. The molecular formula is C17H21ClN2S. The molecule has 1 aromatic heterocycles. The number of hydrogen-bond donors (Lipinski definition) is 1. The summed E-state index contributed by atoms with van der Waals surface area (Å²) in [4.78, 5) is 6.40. The molecule has 2 aromatic rings. The van der Waals surface area contributed by atoms with Crippen LogP contribution in [0.3, 0.4) is 0 Å². The van der Waals surface area contributed by atoms with E-state index in [0.717, 1.165) is 11.4 Å². The zero-order valence-corrected chi connectivity index (χ0v) is 14.1. The van der Waals surface area contributed by atoms with Gasteiger partial charge in [0.2, 0.25) is 0 Å². The van der Waals surface area contributed by atoms with Crippen molar-refractivity contribution in [2.45, 2.75) is 51.6 Å². The first kappa shape index (κ1) is 15.0. The van der Waals surface area contributed by atoms with E-state index in [1.165, 1.54) is 40.4 Å². The lowest BCUT2D eigenvalue weighted by atomic mass is 10.0. The number of aryl methyl sites for hydroxylation is 2. The van der Waals surface area contributed by atoms with Crippen LogP contribution >= 0.6 is 22.9 Å². The van der Waals surface area contributed by atoms with E-state index in [2.05, 4.69) is 25.2 Å². The van der Waals surface area contributed by atoms with E-state index in [1.807, 2.05) is 29.5 Å². The Kier molecular flexibility index (Phi) is 4.63. The molecule has 4 heteroatoms. The molecule has 21 heavy (non-hydrogen) atoms. The number of fused-ring (bicyclic) bond motifs is 1. The number of nitrogens with zero attached hydrogens (tertiary/aromatic N) is 1. The van der Waals surface area contributed by atoms with E-state index < -0.39 is 0 Å². The largest absolute Gasteiger partial charge is 0.302 e. The van der Waals surface area contributed by atoms with Crippen LogP contribution in [-0.4, -0.2) is 11.0 Å². The van der Waals surface area contributed by atoms with Gasteiger partial charge in [0.15, 0.2) is 0 Å². The molecule has 3 rings (SSSR count). The lowest BCUT2D eigenvalue weighted by molar-refractivity contribution is 0.525. The topological polar surface area (TPSA) is 24.9 Å². The molecule has 1 aliphatic rings. The van der Waals surface area contributed by atoms with Crippen molar-refractivity contribution < 1.29 is 0 Å². The summed E-state index contributed by atoms with van der Waals surface area (Å²) in [7, 11) is 0. The highest BCUT2D eigenvalue weighted by Gasteiger charge is 2.23. The molecule has 0 fully saturated rings. The third kappa shape index (κ3) is 3.47. The Morgan fingerprint density at radius 2 is 2.05 bits per heavy atom. The fourth-order valence-corrected chi connectivity index (χ4v) is 4.27. The van der Waals surface area contributed by atoms with Gasteiger partial charge in [0.25, 0.3) is 0 Å². The number of thiazole rings is 1. The summed E-state index contributed by atoms with van der Waals surface area (Å²) in [6, 6.07) is 8.65. The Bertz CT molecular complexity index is 598. The highest BCUT2D eigenvalue weighted by molar-refractivity contribution is 7.11. The summed E-state index contributed by atoms with van der Waals surface area (Å²) in [5.74, 6) is 0. The maximum absolute atomic E-state index is 6.17. The van der Waals surface area contributed by atoms with Crippen molar-refractivity contribution in [1.29, 1.82) is 0 Å². The number of aromatic nitrogens is 1. The Hall–Kier alpha value is -0.900. The van der Waals surface area contributed by atoms with Gasteiger partial charge in [-0.05, 0) is 57.2 Å². The van der Waals surface area contributed by atoms with Gasteiger partial charge in [-0.2, -0.15) is 0 Å². The highest BCUT2D eigenvalue weighted by atomic mass is 35.5. The Balaban J connectivity index is 1.97. The standard InChI is InChI=1S/C17H21ClN2S/c1-11(2)19-16(12-6-5-7-13(18)10-12)17-20-14-8-3-4-9-15(14)21-17/h5-7,10-11,16,19H,3-4,8-9H2,1-2H3. The van der Waals surface area contributed by atoms with Gasteiger partial charge in [0.1, 0.15) is 5.01 Å². The summed E-state index contributed by atoms with van der Waals surface area (Å²) in [6.45, 7) is 4.34. The second-order valence-electron chi connectivity index (χ2n) is 5.94. The van der Waals surface area contributed by atoms with Crippen LogP contribution in [0.5, 0.6) is 0 Å². The van der Waals surface area contributed by atoms with Crippen molar-refractivity contribution in [2.24, 2.45) is 0 Å². The third-order valence-corrected chi connectivity index (χ3v) is 5.25. The Labute approximate surface area is 135 Å². The van der Waals surface area contributed by atoms with Crippen molar-refractivity contribution >= 4 is 22.9 Å². The minimum atomic E-state index is 0.138. The molecule has 0 spiro atoms. The third-order valence-electron chi connectivity index (χ3n) is 3.79. The van der Waals surface area contributed by atoms with Gasteiger partial charge in [-0.1, -0.05) is 23.7 Å². The minimum Gasteiger partial charge on any atom is -0.302 e. The molecule has 2 nitrogen and oxygen atoms in total. The second kappa shape index (κ2) is 6.47. The van der Waals surface area contributed by atoms with E-state index in [4.69, 9.17) is 16.6 Å². The Morgan fingerprint density at radius 3 is 2.76 bits per heavy atom. The summed E-state index contributed by atoms with van der Waals surface area (Å²) in [6.07, 6.45) is 4.90. The molecule has 1 aliphatic carbocycles. The van der Waals surface area contributed by atoms with Crippen molar-refractivity contribution in [2.75, 3.05) is 0 Å². The van der Waals surface area contributed by atoms with Crippen LogP contribution in [0.25, 0.3) is 0 Å². The van der Waals surface area contributed by atoms with Gasteiger partial charge in [0.05, 0.1) is 11.7 Å². The van der Waals surface area contributed by atoms with E-state index in [1.54, 1.807) is 0 Å². The molecule has 112 valence electrons. The number of rotatable bonds is 4. The SMILES string of the molecule is CC(C)NC(c1cccc(Cl)c1)c1nc2c(s1)CCCC2. The quantitative estimate of drug-likeness (QED) is 0.878. The molecule has 1 atom stereocenters. The monoisotopic (exact) mass is 320 g/mol. The van der Waals surface area contributed by atoms with Gasteiger partial charge in [-0.25, -0.2) is 4.98 Å². The van der Waals surface area contributed by atoms with Crippen LogP contribution in [-0.2, 0) is 12.8 Å². The number of benzene rings is 1. The predicted octanol–water partition coefficient (Wildman–Crippen LogP) is 4.76. The first-order chi connectivity index (χ1) is 10.1. The molecule has 0 bridgehead atoms. The van der Waals surface area contributed by atoms with Crippen LogP contribution in [0.1, 0.15) is 53.9 Å². The average Bonchev–Trinajstić information content (AvgIpc) is 2.88. The number of halogens is 1. The zero-order valence-electron chi connectivity index (χ0n) is 12.5. The van der Waals surface area contributed by atoms with Gasteiger partial charge >= 0.3 is 0 Å². The van der Waals surface area contributed by atoms with Crippen LogP contribution in [0.15, 0.2) is 24.3 Å². The molecule has 0 saturated heterocycles. The predicted molar refractivity (Wildman–Crippen MR) is 90.3 cm³/mol. The lowest BCUT2D eigenvalue weighted by Crippen LogP contribution is -2.28. The zero-order chi connectivity index (χ0) is 14.8.